The first-order chi connectivity index (χ1) is 16.7. The van der Waals surface area contributed by atoms with Crippen molar-refractivity contribution in [1.82, 2.24) is 4.90 Å². The second-order valence-electron chi connectivity index (χ2n) is 7.81. The molecule has 0 aromatic heterocycles. The number of carbonyl (C=O) groups excluding carboxylic acids is 3. The minimum atomic E-state index is -1.25. The lowest BCUT2D eigenvalue weighted by Crippen LogP contribution is -2.45. The van der Waals surface area contributed by atoms with Crippen molar-refractivity contribution >= 4 is 40.7 Å². The lowest BCUT2D eigenvalue weighted by Gasteiger charge is -2.22. The van der Waals surface area contributed by atoms with Gasteiger partial charge in [-0.25, -0.2) is 0 Å². The van der Waals surface area contributed by atoms with Crippen LogP contribution in [0.3, 0.4) is 0 Å². The van der Waals surface area contributed by atoms with Gasteiger partial charge in [-0.05, 0) is 36.2 Å². The summed E-state index contributed by atoms with van der Waals surface area (Å²) in [6, 6.07) is 18.5. The highest BCUT2D eigenvalue weighted by atomic mass is 35.5. The zero-order chi connectivity index (χ0) is 25.3. The molecule has 3 amide bonds. The Morgan fingerprint density at radius 2 is 1.80 bits per heavy atom. The molecule has 1 aliphatic rings. The Hall–Kier alpha value is -4.55. The summed E-state index contributed by atoms with van der Waals surface area (Å²) < 4.78 is 0. The number of nitro groups is 1. The maximum Gasteiger partial charge on any atom is 0.282 e. The molecule has 0 bridgehead atoms. The fourth-order valence-corrected chi connectivity index (χ4v) is 4.25. The van der Waals surface area contributed by atoms with E-state index in [2.05, 4.69) is 11.4 Å². The zero-order valence-electron chi connectivity index (χ0n) is 18.3. The van der Waals surface area contributed by atoms with Gasteiger partial charge in [0, 0.05) is 16.8 Å². The molecule has 174 valence electrons. The number of fused-ring (bicyclic) bond motifs is 1. The van der Waals surface area contributed by atoms with E-state index in [-0.39, 0.29) is 16.1 Å². The maximum absolute atomic E-state index is 12.9. The Labute approximate surface area is 204 Å². The second kappa shape index (κ2) is 9.37. The minimum absolute atomic E-state index is 0.125. The standard InChI is InChI=1S/C25H17ClN4O5/c1-14(29-24(32)18-8-5-9-21(30(34)35)22(18)25(29)33)23(31)28-16-10-11-17(20(26)12-16)19(13-27)15-6-3-2-4-7-15/h2-12,14,19H,1H3,(H,28,31). The first-order valence-electron chi connectivity index (χ1n) is 10.4. The third-order valence-electron chi connectivity index (χ3n) is 5.73. The van der Waals surface area contributed by atoms with Gasteiger partial charge in [-0.1, -0.05) is 54.1 Å². The number of halogens is 1. The van der Waals surface area contributed by atoms with Gasteiger partial charge in [0.15, 0.2) is 0 Å². The molecule has 0 fully saturated rings. The molecule has 0 radical (unpaired) electrons. The minimum Gasteiger partial charge on any atom is -0.324 e. The van der Waals surface area contributed by atoms with Gasteiger partial charge in [-0.15, -0.1) is 0 Å². The normalized spacial score (nSPS) is 14.1. The average molecular weight is 489 g/mol. The molecule has 2 unspecified atom stereocenters. The Morgan fingerprint density at radius 3 is 2.43 bits per heavy atom. The van der Waals surface area contributed by atoms with Gasteiger partial charge in [0.05, 0.1) is 22.5 Å². The topological polar surface area (TPSA) is 133 Å². The third-order valence-corrected chi connectivity index (χ3v) is 6.06. The largest absolute Gasteiger partial charge is 0.324 e. The molecule has 0 saturated carbocycles. The monoisotopic (exact) mass is 488 g/mol. The quantitative estimate of drug-likeness (QED) is 0.308. The first kappa shape index (κ1) is 23.6. The van der Waals surface area contributed by atoms with Crippen LogP contribution in [-0.4, -0.2) is 33.6 Å². The Bertz CT molecular complexity index is 1420. The molecule has 3 aromatic rings. The first-order valence-corrected chi connectivity index (χ1v) is 10.8. The van der Waals surface area contributed by atoms with Gasteiger partial charge in [0.25, 0.3) is 17.5 Å². The van der Waals surface area contributed by atoms with E-state index in [1.54, 1.807) is 12.1 Å². The smallest absolute Gasteiger partial charge is 0.282 e. The lowest BCUT2D eigenvalue weighted by atomic mass is 9.92. The Balaban J connectivity index is 1.55. The molecule has 0 aliphatic carbocycles. The number of hydrogen-bond donors (Lipinski definition) is 1. The number of hydrogen-bond acceptors (Lipinski definition) is 6. The molecule has 10 heteroatoms. The van der Waals surface area contributed by atoms with Crippen LogP contribution < -0.4 is 5.32 Å². The number of imide groups is 1. The summed E-state index contributed by atoms with van der Waals surface area (Å²) in [5, 5.41) is 23.8. The predicted molar refractivity (Wildman–Crippen MR) is 127 cm³/mol. The van der Waals surface area contributed by atoms with Crippen LogP contribution >= 0.6 is 11.6 Å². The molecular weight excluding hydrogens is 472 g/mol. The Kier molecular flexibility index (Phi) is 6.32. The summed E-state index contributed by atoms with van der Waals surface area (Å²) in [5.74, 6) is -3.00. The van der Waals surface area contributed by atoms with Crippen molar-refractivity contribution in [3.05, 3.63) is 104 Å². The third kappa shape index (κ3) is 4.23. The van der Waals surface area contributed by atoms with Crippen molar-refractivity contribution in [3.8, 4) is 6.07 Å². The summed E-state index contributed by atoms with van der Waals surface area (Å²) >= 11 is 6.41. The van der Waals surface area contributed by atoms with Crippen molar-refractivity contribution in [1.29, 1.82) is 5.26 Å². The van der Waals surface area contributed by atoms with E-state index >= 15 is 0 Å². The molecular formula is C25H17ClN4O5. The number of carbonyl (C=O) groups is 3. The van der Waals surface area contributed by atoms with Crippen molar-refractivity contribution < 1.29 is 19.3 Å². The highest BCUT2D eigenvalue weighted by Gasteiger charge is 2.44. The van der Waals surface area contributed by atoms with Crippen LogP contribution in [-0.2, 0) is 4.79 Å². The molecule has 1 aliphatic heterocycles. The van der Waals surface area contributed by atoms with Crippen molar-refractivity contribution in [3.63, 3.8) is 0 Å². The summed E-state index contributed by atoms with van der Waals surface area (Å²) in [6.45, 7) is 1.35. The fourth-order valence-electron chi connectivity index (χ4n) is 3.96. The van der Waals surface area contributed by atoms with Gasteiger partial charge in [0.1, 0.15) is 11.6 Å². The van der Waals surface area contributed by atoms with Crippen molar-refractivity contribution in [2.45, 2.75) is 18.9 Å². The van der Waals surface area contributed by atoms with Crippen LogP contribution in [0.4, 0.5) is 11.4 Å². The average Bonchev–Trinajstić information content (AvgIpc) is 3.10. The molecule has 2 atom stereocenters. The van der Waals surface area contributed by atoms with Crippen LogP contribution in [0.1, 0.15) is 44.7 Å². The van der Waals surface area contributed by atoms with Crippen LogP contribution in [0, 0.1) is 21.4 Å². The highest BCUT2D eigenvalue weighted by molar-refractivity contribution is 6.32. The fraction of sp³-hybridized carbons (Fsp3) is 0.120. The van der Waals surface area contributed by atoms with E-state index in [1.165, 1.54) is 25.1 Å². The lowest BCUT2D eigenvalue weighted by molar-refractivity contribution is -0.385. The van der Waals surface area contributed by atoms with E-state index in [1.807, 2.05) is 30.3 Å². The predicted octanol–water partition coefficient (Wildman–Crippen LogP) is 4.53. The summed E-state index contributed by atoms with van der Waals surface area (Å²) in [5.41, 5.74) is 0.658. The van der Waals surface area contributed by atoms with Crippen LogP contribution in [0.5, 0.6) is 0 Å². The summed E-state index contributed by atoms with van der Waals surface area (Å²) in [4.78, 5) is 49.7. The molecule has 0 spiro atoms. The van der Waals surface area contributed by atoms with Gasteiger partial charge in [-0.3, -0.25) is 29.4 Å². The number of nitro benzene ring substituents is 1. The molecule has 4 rings (SSSR count). The number of anilines is 1. The molecule has 0 saturated heterocycles. The number of nitrogens with zero attached hydrogens (tertiary/aromatic N) is 3. The summed E-state index contributed by atoms with van der Waals surface area (Å²) in [7, 11) is 0. The van der Waals surface area contributed by atoms with E-state index in [4.69, 9.17) is 11.6 Å². The second-order valence-corrected chi connectivity index (χ2v) is 8.22. The van der Waals surface area contributed by atoms with E-state index < -0.39 is 40.3 Å². The van der Waals surface area contributed by atoms with E-state index in [9.17, 15) is 29.8 Å². The molecule has 9 nitrogen and oxygen atoms in total. The van der Waals surface area contributed by atoms with Gasteiger partial charge < -0.3 is 5.32 Å². The van der Waals surface area contributed by atoms with Gasteiger partial charge in [0.2, 0.25) is 5.91 Å². The van der Waals surface area contributed by atoms with Gasteiger partial charge in [-0.2, -0.15) is 5.26 Å². The SMILES string of the molecule is CC(C(=O)Nc1ccc(C(C#N)c2ccccc2)c(Cl)c1)N1C(=O)c2cccc([N+](=O)[O-])c2C1=O. The molecule has 3 aromatic carbocycles. The maximum atomic E-state index is 12.9. The van der Waals surface area contributed by atoms with Crippen molar-refractivity contribution in [2.24, 2.45) is 0 Å². The number of nitrogens with one attached hydrogen (secondary N) is 1. The van der Waals surface area contributed by atoms with E-state index in [0.29, 0.717) is 16.2 Å². The highest BCUT2D eigenvalue weighted by Crippen LogP contribution is 2.33. The number of amides is 3. The van der Waals surface area contributed by atoms with Gasteiger partial charge >= 0.3 is 0 Å². The summed E-state index contributed by atoms with van der Waals surface area (Å²) in [6.07, 6.45) is 0. The van der Waals surface area contributed by atoms with Crippen LogP contribution in [0.25, 0.3) is 0 Å². The molecule has 1 heterocycles. The van der Waals surface area contributed by atoms with Crippen LogP contribution in [0.2, 0.25) is 5.02 Å². The molecule has 35 heavy (non-hydrogen) atoms. The Morgan fingerprint density at radius 1 is 1.09 bits per heavy atom. The number of rotatable bonds is 6. The van der Waals surface area contributed by atoms with E-state index in [0.717, 1.165) is 11.6 Å². The molecule has 1 N–H and O–H groups in total. The van der Waals surface area contributed by atoms with Crippen LogP contribution in [0.15, 0.2) is 66.7 Å². The number of nitriles is 1. The number of benzene rings is 3. The zero-order valence-corrected chi connectivity index (χ0v) is 19.0. The van der Waals surface area contributed by atoms with Crippen molar-refractivity contribution in [2.75, 3.05) is 5.32 Å².